The summed E-state index contributed by atoms with van der Waals surface area (Å²) < 4.78 is 10.9. The minimum atomic E-state index is 0.0851. The first kappa shape index (κ1) is 13.4. The van der Waals surface area contributed by atoms with Crippen LogP contribution in [0.2, 0.25) is 0 Å². The van der Waals surface area contributed by atoms with E-state index in [9.17, 15) is 0 Å². The molecule has 0 radical (unpaired) electrons. The summed E-state index contributed by atoms with van der Waals surface area (Å²) in [6.07, 6.45) is 1.13. The van der Waals surface area contributed by atoms with Crippen molar-refractivity contribution in [1.29, 1.82) is 0 Å². The maximum atomic E-state index is 5.57. The highest BCUT2D eigenvalue weighted by Gasteiger charge is 2.31. The zero-order chi connectivity index (χ0) is 10.3. The standard InChI is InChI=1S/C9H18O2.CH5P/c1-4-10-6-8-5-9(2,3)11-7-8;1-2/h8H,4-7H2,1-3H3;2H2,1H3. The SMILES string of the molecule is CCOCC1COC(C)(C)C1.CP. The van der Waals surface area contributed by atoms with Gasteiger partial charge in [0.25, 0.3) is 0 Å². The van der Waals surface area contributed by atoms with E-state index in [2.05, 4.69) is 23.1 Å². The van der Waals surface area contributed by atoms with Crippen LogP contribution in [0.5, 0.6) is 0 Å². The normalized spacial score (nSPS) is 25.2. The van der Waals surface area contributed by atoms with Crippen LogP contribution >= 0.6 is 9.24 Å². The molecule has 2 nitrogen and oxygen atoms in total. The number of hydrogen-bond acceptors (Lipinski definition) is 2. The molecule has 1 saturated heterocycles. The van der Waals surface area contributed by atoms with Gasteiger partial charge in [-0.2, -0.15) is 0 Å². The van der Waals surface area contributed by atoms with Crippen molar-refractivity contribution < 1.29 is 9.47 Å². The fourth-order valence-corrected chi connectivity index (χ4v) is 1.55. The Morgan fingerprint density at radius 2 is 2.08 bits per heavy atom. The molecule has 1 heterocycles. The Morgan fingerprint density at radius 1 is 1.46 bits per heavy atom. The molecule has 0 amide bonds. The highest BCUT2D eigenvalue weighted by Crippen LogP contribution is 2.28. The largest absolute Gasteiger partial charge is 0.381 e. The zero-order valence-corrected chi connectivity index (χ0v) is 10.5. The Labute approximate surface area is 84.6 Å². The molecule has 1 fully saturated rings. The molecule has 3 heteroatoms. The van der Waals surface area contributed by atoms with E-state index in [4.69, 9.17) is 9.47 Å². The molecule has 0 aromatic carbocycles. The maximum absolute atomic E-state index is 5.57. The van der Waals surface area contributed by atoms with Gasteiger partial charge in [0.05, 0.1) is 18.8 Å². The maximum Gasteiger partial charge on any atom is 0.0631 e. The van der Waals surface area contributed by atoms with E-state index in [0.29, 0.717) is 5.92 Å². The highest BCUT2D eigenvalue weighted by atomic mass is 31.0. The van der Waals surface area contributed by atoms with Gasteiger partial charge in [-0.1, -0.05) is 6.66 Å². The van der Waals surface area contributed by atoms with Crippen molar-refractivity contribution in [1.82, 2.24) is 0 Å². The van der Waals surface area contributed by atoms with Crippen molar-refractivity contribution in [3.63, 3.8) is 0 Å². The Hall–Kier alpha value is 0.350. The average Bonchev–Trinajstić information content (AvgIpc) is 2.46. The van der Waals surface area contributed by atoms with Crippen molar-refractivity contribution in [3.8, 4) is 0 Å². The monoisotopic (exact) mass is 206 g/mol. The Bertz CT molecular complexity index is 126. The van der Waals surface area contributed by atoms with Gasteiger partial charge in [0.15, 0.2) is 0 Å². The van der Waals surface area contributed by atoms with E-state index in [0.717, 1.165) is 26.2 Å². The fraction of sp³-hybridized carbons (Fsp3) is 1.00. The van der Waals surface area contributed by atoms with E-state index < -0.39 is 0 Å². The highest BCUT2D eigenvalue weighted by molar-refractivity contribution is 7.15. The van der Waals surface area contributed by atoms with Crippen LogP contribution < -0.4 is 0 Å². The summed E-state index contributed by atoms with van der Waals surface area (Å²) in [6.45, 7) is 10.8. The van der Waals surface area contributed by atoms with Crippen LogP contribution in [0.15, 0.2) is 0 Å². The first-order valence-electron chi connectivity index (χ1n) is 4.93. The number of hydrogen-bond donors (Lipinski definition) is 0. The zero-order valence-electron chi connectivity index (χ0n) is 9.30. The predicted octanol–water partition coefficient (Wildman–Crippen LogP) is 2.33. The van der Waals surface area contributed by atoms with Gasteiger partial charge in [-0.15, -0.1) is 9.24 Å². The molecular formula is C10H23O2P. The van der Waals surface area contributed by atoms with Crippen LogP contribution in [0.25, 0.3) is 0 Å². The van der Waals surface area contributed by atoms with E-state index in [1.165, 1.54) is 0 Å². The van der Waals surface area contributed by atoms with E-state index in [1.807, 2.05) is 13.6 Å². The van der Waals surface area contributed by atoms with Gasteiger partial charge in [-0.05, 0) is 27.2 Å². The molecule has 0 aromatic heterocycles. The molecule has 1 rings (SSSR count). The molecule has 1 aliphatic heterocycles. The summed E-state index contributed by atoms with van der Waals surface area (Å²) in [5.74, 6) is 0.616. The van der Waals surface area contributed by atoms with Gasteiger partial charge in [0, 0.05) is 12.5 Å². The van der Waals surface area contributed by atoms with Gasteiger partial charge in [0.1, 0.15) is 0 Å². The summed E-state index contributed by atoms with van der Waals surface area (Å²) in [4.78, 5) is 0. The lowest BCUT2D eigenvalue weighted by Gasteiger charge is -2.15. The first-order chi connectivity index (χ1) is 6.14. The molecule has 80 valence electrons. The smallest absolute Gasteiger partial charge is 0.0631 e. The van der Waals surface area contributed by atoms with E-state index >= 15 is 0 Å². The second-order valence-electron chi connectivity index (χ2n) is 3.80. The third-order valence-corrected chi connectivity index (χ3v) is 2.05. The third-order valence-electron chi connectivity index (χ3n) is 2.05. The molecule has 1 aliphatic rings. The minimum absolute atomic E-state index is 0.0851. The number of ether oxygens (including phenoxy) is 2. The lowest BCUT2D eigenvalue weighted by Crippen LogP contribution is -2.17. The first-order valence-corrected chi connectivity index (χ1v) is 6.09. The lowest BCUT2D eigenvalue weighted by molar-refractivity contribution is 0.0317. The predicted molar refractivity (Wildman–Crippen MR) is 60.3 cm³/mol. The average molecular weight is 206 g/mol. The van der Waals surface area contributed by atoms with Crippen molar-refractivity contribution in [2.75, 3.05) is 26.5 Å². The van der Waals surface area contributed by atoms with E-state index in [-0.39, 0.29) is 5.60 Å². The Balaban J connectivity index is 0.000000671. The summed E-state index contributed by atoms with van der Waals surface area (Å²) in [5.41, 5.74) is 0.0851. The van der Waals surface area contributed by atoms with Gasteiger partial charge in [-0.3, -0.25) is 0 Å². The van der Waals surface area contributed by atoms with E-state index in [1.54, 1.807) is 0 Å². The quantitative estimate of drug-likeness (QED) is 0.660. The molecule has 0 spiro atoms. The molecule has 0 aliphatic carbocycles. The minimum Gasteiger partial charge on any atom is -0.381 e. The molecule has 0 bridgehead atoms. The molecule has 2 unspecified atom stereocenters. The molecule has 2 atom stereocenters. The summed E-state index contributed by atoms with van der Waals surface area (Å²) in [5, 5.41) is 0. The number of rotatable bonds is 3. The van der Waals surface area contributed by atoms with Crippen LogP contribution in [0.1, 0.15) is 27.2 Å². The van der Waals surface area contributed by atoms with Gasteiger partial charge >= 0.3 is 0 Å². The summed E-state index contributed by atoms with van der Waals surface area (Å²) in [6, 6.07) is 0. The molecule has 0 saturated carbocycles. The second-order valence-corrected chi connectivity index (χ2v) is 3.80. The third kappa shape index (κ3) is 5.61. The molecular weight excluding hydrogens is 183 g/mol. The van der Waals surface area contributed by atoms with Crippen molar-refractivity contribution in [3.05, 3.63) is 0 Å². The Kier molecular flexibility index (Phi) is 6.93. The summed E-state index contributed by atoms with van der Waals surface area (Å²) >= 11 is 0. The topological polar surface area (TPSA) is 18.5 Å². The van der Waals surface area contributed by atoms with Gasteiger partial charge in [0.2, 0.25) is 0 Å². The molecule has 13 heavy (non-hydrogen) atoms. The molecule has 0 aromatic rings. The second kappa shape index (κ2) is 6.75. The lowest BCUT2D eigenvalue weighted by atomic mass is 9.99. The van der Waals surface area contributed by atoms with Crippen LogP contribution in [0.4, 0.5) is 0 Å². The van der Waals surface area contributed by atoms with Crippen LogP contribution in [0.3, 0.4) is 0 Å². The van der Waals surface area contributed by atoms with Crippen molar-refractivity contribution in [2.45, 2.75) is 32.8 Å². The van der Waals surface area contributed by atoms with Crippen molar-refractivity contribution in [2.24, 2.45) is 5.92 Å². The fourth-order valence-electron chi connectivity index (χ4n) is 1.55. The van der Waals surface area contributed by atoms with Gasteiger partial charge < -0.3 is 9.47 Å². The molecule has 0 N–H and O–H groups in total. The van der Waals surface area contributed by atoms with Crippen molar-refractivity contribution >= 4 is 9.24 Å². The Morgan fingerprint density at radius 3 is 2.46 bits per heavy atom. The van der Waals surface area contributed by atoms with Crippen LogP contribution in [0, 0.1) is 5.92 Å². The summed E-state index contributed by atoms with van der Waals surface area (Å²) in [7, 11) is 2.42. The van der Waals surface area contributed by atoms with Crippen LogP contribution in [-0.4, -0.2) is 32.1 Å². The van der Waals surface area contributed by atoms with Gasteiger partial charge in [-0.25, -0.2) is 0 Å². The van der Waals surface area contributed by atoms with Crippen LogP contribution in [-0.2, 0) is 9.47 Å².